The Bertz CT molecular complexity index is 794. The van der Waals surface area contributed by atoms with Crippen LogP contribution in [-0.2, 0) is 12.8 Å². The van der Waals surface area contributed by atoms with Gasteiger partial charge in [0, 0.05) is 21.6 Å². The molecule has 21 heavy (non-hydrogen) atoms. The molecule has 0 aliphatic heterocycles. The van der Waals surface area contributed by atoms with Crippen LogP contribution >= 0.6 is 15.9 Å². The topological polar surface area (TPSA) is 40.7 Å². The van der Waals surface area contributed by atoms with E-state index in [1.807, 2.05) is 6.20 Å². The second-order valence-electron chi connectivity index (χ2n) is 5.63. The van der Waals surface area contributed by atoms with Gasteiger partial charge in [0.25, 0.3) is 0 Å². The number of nitrogens with one attached hydrogen (secondary N) is 2. The summed E-state index contributed by atoms with van der Waals surface area (Å²) in [5, 5.41) is 12.0. The van der Waals surface area contributed by atoms with E-state index < -0.39 is 0 Å². The minimum Gasteiger partial charge on any atom is -0.381 e. The Kier molecular flexibility index (Phi) is 3.19. The zero-order valence-electron chi connectivity index (χ0n) is 11.6. The lowest BCUT2D eigenvalue weighted by Crippen LogP contribution is -2.27. The van der Waals surface area contributed by atoms with Crippen molar-refractivity contribution in [2.75, 3.05) is 5.32 Å². The van der Waals surface area contributed by atoms with Gasteiger partial charge in [-0.1, -0.05) is 28.1 Å². The summed E-state index contributed by atoms with van der Waals surface area (Å²) in [5.74, 6) is 0. The van der Waals surface area contributed by atoms with Gasteiger partial charge in [-0.2, -0.15) is 5.10 Å². The molecule has 1 aliphatic rings. The number of aryl methyl sites for hydroxylation is 1. The van der Waals surface area contributed by atoms with Crippen LogP contribution in [0.2, 0.25) is 0 Å². The number of H-pyrrole nitrogens is 1. The molecule has 1 heterocycles. The molecule has 1 atom stereocenters. The third kappa shape index (κ3) is 2.44. The largest absolute Gasteiger partial charge is 0.381 e. The van der Waals surface area contributed by atoms with E-state index in [9.17, 15) is 0 Å². The smallest absolute Gasteiger partial charge is 0.0671 e. The molecular weight excluding hydrogens is 326 g/mol. The van der Waals surface area contributed by atoms with Crippen LogP contribution in [0.1, 0.15) is 17.5 Å². The van der Waals surface area contributed by atoms with Crippen molar-refractivity contribution in [3.05, 3.63) is 58.2 Å². The summed E-state index contributed by atoms with van der Waals surface area (Å²) in [7, 11) is 0. The number of halogens is 1. The summed E-state index contributed by atoms with van der Waals surface area (Å²) in [6.45, 7) is 0. The number of aromatic nitrogens is 2. The third-order valence-electron chi connectivity index (χ3n) is 4.24. The third-order valence-corrected chi connectivity index (χ3v) is 4.73. The van der Waals surface area contributed by atoms with Crippen LogP contribution in [-0.4, -0.2) is 16.2 Å². The maximum atomic E-state index is 4.13. The zero-order chi connectivity index (χ0) is 14.2. The van der Waals surface area contributed by atoms with Gasteiger partial charge in [0.15, 0.2) is 0 Å². The molecule has 4 rings (SSSR count). The van der Waals surface area contributed by atoms with Crippen molar-refractivity contribution in [3.63, 3.8) is 0 Å². The maximum Gasteiger partial charge on any atom is 0.0671 e. The number of fused-ring (bicyclic) bond motifs is 2. The molecule has 0 saturated heterocycles. The number of rotatable bonds is 2. The number of aromatic amines is 1. The van der Waals surface area contributed by atoms with E-state index in [2.05, 4.69) is 67.8 Å². The van der Waals surface area contributed by atoms with Gasteiger partial charge in [0.1, 0.15) is 0 Å². The first kappa shape index (κ1) is 12.9. The van der Waals surface area contributed by atoms with Crippen LogP contribution in [0, 0.1) is 0 Å². The standard InChI is InChI=1S/C17H16BrN3/c18-13-6-4-12-9-14(7-5-11(12)8-13)20-16-2-1-3-17-15(16)10-19-21-17/h1-4,6,8,10,14,20H,5,7,9H2,(H,19,21). The van der Waals surface area contributed by atoms with Gasteiger partial charge in [-0.25, -0.2) is 0 Å². The van der Waals surface area contributed by atoms with Crippen LogP contribution in [0.3, 0.4) is 0 Å². The van der Waals surface area contributed by atoms with Gasteiger partial charge in [-0.3, -0.25) is 5.10 Å². The fraction of sp³-hybridized carbons (Fsp3) is 0.235. The van der Waals surface area contributed by atoms with Crippen molar-refractivity contribution in [1.82, 2.24) is 10.2 Å². The molecule has 2 aromatic carbocycles. The molecule has 1 unspecified atom stereocenters. The molecule has 3 aromatic rings. The number of nitrogens with zero attached hydrogens (tertiary/aromatic N) is 1. The molecule has 4 heteroatoms. The van der Waals surface area contributed by atoms with Gasteiger partial charge < -0.3 is 5.32 Å². The first-order chi connectivity index (χ1) is 10.3. The summed E-state index contributed by atoms with van der Waals surface area (Å²) in [6, 6.07) is 13.4. The quantitative estimate of drug-likeness (QED) is 0.729. The van der Waals surface area contributed by atoms with Gasteiger partial charge in [-0.05, 0) is 54.7 Å². The lowest BCUT2D eigenvalue weighted by Gasteiger charge is -2.26. The molecule has 0 spiro atoms. The van der Waals surface area contributed by atoms with Crippen molar-refractivity contribution in [3.8, 4) is 0 Å². The second kappa shape index (κ2) is 5.19. The van der Waals surface area contributed by atoms with Crippen LogP contribution in [0.4, 0.5) is 5.69 Å². The predicted molar refractivity (Wildman–Crippen MR) is 89.7 cm³/mol. The Balaban J connectivity index is 1.59. The Morgan fingerprint density at radius 3 is 3.10 bits per heavy atom. The number of hydrogen-bond donors (Lipinski definition) is 2. The summed E-state index contributed by atoms with van der Waals surface area (Å²) in [5.41, 5.74) is 5.19. The monoisotopic (exact) mass is 341 g/mol. The van der Waals surface area contributed by atoms with E-state index in [1.165, 1.54) is 26.7 Å². The van der Waals surface area contributed by atoms with Crippen molar-refractivity contribution in [2.45, 2.75) is 25.3 Å². The van der Waals surface area contributed by atoms with Crippen molar-refractivity contribution < 1.29 is 0 Å². The molecule has 1 aromatic heterocycles. The van der Waals surface area contributed by atoms with E-state index in [0.29, 0.717) is 6.04 Å². The lowest BCUT2D eigenvalue weighted by atomic mass is 9.88. The average Bonchev–Trinajstić information content (AvgIpc) is 2.97. The summed E-state index contributed by atoms with van der Waals surface area (Å²) in [6.07, 6.45) is 5.27. The van der Waals surface area contributed by atoms with Crippen LogP contribution in [0.15, 0.2) is 47.1 Å². The molecular formula is C17H16BrN3. The highest BCUT2D eigenvalue weighted by molar-refractivity contribution is 9.10. The van der Waals surface area contributed by atoms with Gasteiger partial charge >= 0.3 is 0 Å². The van der Waals surface area contributed by atoms with Gasteiger partial charge in [-0.15, -0.1) is 0 Å². The van der Waals surface area contributed by atoms with E-state index in [0.717, 1.165) is 24.8 Å². The number of hydrogen-bond acceptors (Lipinski definition) is 2. The first-order valence-electron chi connectivity index (χ1n) is 7.25. The average molecular weight is 342 g/mol. The lowest BCUT2D eigenvalue weighted by molar-refractivity contribution is 0.611. The molecule has 0 radical (unpaired) electrons. The predicted octanol–water partition coefficient (Wildman–Crippen LogP) is 4.29. The molecule has 3 nitrogen and oxygen atoms in total. The Hall–Kier alpha value is -1.81. The van der Waals surface area contributed by atoms with E-state index in [-0.39, 0.29) is 0 Å². The normalized spacial score (nSPS) is 17.7. The van der Waals surface area contributed by atoms with Crippen molar-refractivity contribution >= 4 is 32.5 Å². The van der Waals surface area contributed by atoms with E-state index in [1.54, 1.807) is 0 Å². The number of anilines is 1. The highest BCUT2D eigenvalue weighted by Gasteiger charge is 2.19. The SMILES string of the molecule is Brc1ccc2c(c1)CCC(Nc1cccc3[nH]ncc13)C2. The molecule has 0 bridgehead atoms. The second-order valence-corrected chi connectivity index (χ2v) is 6.55. The highest BCUT2D eigenvalue weighted by atomic mass is 79.9. The van der Waals surface area contributed by atoms with Gasteiger partial charge in [0.2, 0.25) is 0 Å². The Labute approximate surface area is 131 Å². The Morgan fingerprint density at radius 2 is 2.14 bits per heavy atom. The summed E-state index contributed by atoms with van der Waals surface area (Å²) in [4.78, 5) is 0. The van der Waals surface area contributed by atoms with Crippen LogP contribution in [0.25, 0.3) is 10.9 Å². The maximum absolute atomic E-state index is 4.13. The van der Waals surface area contributed by atoms with Crippen LogP contribution in [0.5, 0.6) is 0 Å². The number of benzene rings is 2. The van der Waals surface area contributed by atoms with Crippen molar-refractivity contribution in [1.29, 1.82) is 0 Å². The van der Waals surface area contributed by atoms with Crippen LogP contribution < -0.4 is 5.32 Å². The van der Waals surface area contributed by atoms with Gasteiger partial charge in [0.05, 0.1) is 11.7 Å². The minimum atomic E-state index is 0.485. The fourth-order valence-electron chi connectivity index (χ4n) is 3.16. The summed E-state index contributed by atoms with van der Waals surface area (Å²) < 4.78 is 1.18. The van der Waals surface area contributed by atoms with Crippen molar-refractivity contribution in [2.24, 2.45) is 0 Å². The molecule has 0 fully saturated rings. The molecule has 2 N–H and O–H groups in total. The highest BCUT2D eigenvalue weighted by Crippen LogP contribution is 2.28. The Morgan fingerprint density at radius 1 is 1.19 bits per heavy atom. The fourth-order valence-corrected chi connectivity index (χ4v) is 3.57. The molecule has 0 saturated carbocycles. The molecule has 1 aliphatic carbocycles. The first-order valence-corrected chi connectivity index (χ1v) is 8.05. The molecule has 0 amide bonds. The summed E-state index contributed by atoms with van der Waals surface area (Å²) >= 11 is 3.56. The van der Waals surface area contributed by atoms with E-state index in [4.69, 9.17) is 0 Å². The molecule has 106 valence electrons. The van der Waals surface area contributed by atoms with E-state index >= 15 is 0 Å². The minimum absolute atomic E-state index is 0.485. The zero-order valence-corrected chi connectivity index (χ0v) is 13.2.